The van der Waals surface area contributed by atoms with Gasteiger partial charge in [0, 0.05) is 14.7 Å². The fraction of sp³-hybridized carbons (Fsp3) is 0.727. The minimum atomic E-state index is -1.03. The van der Waals surface area contributed by atoms with Gasteiger partial charge in [0.1, 0.15) is 12.4 Å². The minimum absolute atomic E-state index is 0.120. The monoisotopic (exact) mass is 258 g/mol. The Kier molecular flexibility index (Phi) is 5.17. The first-order valence-corrected chi connectivity index (χ1v) is 9.46. The first-order chi connectivity index (χ1) is 7.96. The summed E-state index contributed by atoms with van der Waals surface area (Å²) in [6, 6.07) is 1.14. The van der Waals surface area contributed by atoms with E-state index in [2.05, 4.69) is 24.7 Å². The van der Waals surface area contributed by atoms with E-state index in [4.69, 9.17) is 14.6 Å². The lowest BCUT2D eigenvalue weighted by molar-refractivity contribution is 0.0777. The van der Waals surface area contributed by atoms with Gasteiger partial charge >= 0.3 is 0 Å². The van der Waals surface area contributed by atoms with E-state index in [0.29, 0.717) is 18.2 Å². The molecule has 0 saturated heterocycles. The van der Waals surface area contributed by atoms with Gasteiger partial charge in [-0.1, -0.05) is 19.6 Å². The topological polar surface area (TPSA) is 56.5 Å². The third-order valence-corrected chi connectivity index (χ3v) is 4.09. The Morgan fingerprint density at radius 2 is 2.12 bits per heavy atom. The van der Waals surface area contributed by atoms with Gasteiger partial charge in [0.2, 0.25) is 0 Å². The lowest BCUT2D eigenvalue weighted by Gasteiger charge is -2.15. The molecule has 0 fully saturated rings. The van der Waals surface area contributed by atoms with Crippen LogP contribution in [-0.2, 0) is 18.1 Å². The van der Waals surface area contributed by atoms with Gasteiger partial charge in [0.25, 0.3) is 0 Å². The first kappa shape index (κ1) is 14.2. The fourth-order valence-electron chi connectivity index (χ4n) is 1.33. The van der Waals surface area contributed by atoms with Crippen molar-refractivity contribution < 1.29 is 14.6 Å². The third-order valence-electron chi connectivity index (χ3n) is 2.39. The van der Waals surface area contributed by atoms with Crippen molar-refractivity contribution in [2.75, 3.05) is 13.7 Å². The highest BCUT2D eigenvalue weighted by atomic mass is 28.3. The van der Waals surface area contributed by atoms with E-state index >= 15 is 0 Å². The average Bonchev–Trinajstić information content (AvgIpc) is 2.65. The van der Waals surface area contributed by atoms with Crippen molar-refractivity contribution in [1.29, 1.82) is 0 Å². The summed E-state index contributed by atoms with van der Waals surface area (Å²) in [6.07, 6.45) is 1.74. The van der Waals surface area contributed by atoms with Crippen LogP contribution in [0.4, 0.5) is 0 Å². The molecule has 0 aliphatic rings. The number of nitrogens with zero attached hydrogens (tertiary/aromatic N) is 2. The van der Waals surface area contributed by atoms with Gasteiger partial charge < -0.3 is 14.6 Å². The highest BCUT2D eigenvalue weighted by molar-refractivity contribution is 6.76. The smallest absolute Gasteiger partial charge is 0.162 e. The molecule has 0 aromatic carbocycles. The second-order valence-corrected chi connectivity index (χ2v) is 10.8. The molecule has 0 spiro atoms. The third kappa shape index (κ3) is 4.89. The van der Waals surface area contributed by atoms with E-state index < -0.39 is 8.07 Å². The Morgan fingerprint density at radius 1 is 1.41 bits per heavy atom. The largest absolute Gasteiger partial charge is 0.493 e. The normalized spacial score (nSPS) is 11.8. The Morgan fingerprint density at radius 3 is 2.59 bits per heavy atom. The van der Waals surface area contributed by atoms with Crippen molar-refractivity contribution in [1.82, 2.24) is 9.78 Å². The highest BCUT2D eigenvalue weighted by Gasteiger charge is 2.12. The van der Waals surface area contributed by atoms with Crippen LogP contribution < -0.4 is 4.74 Å². The molecule has 98 valence electrons. The number of ether oxygens (including phenoxy) is 2. The van der Waals surface area contributed by atoms with E-state index in [-0.39, 0.29) is 6.61 Å². The van der Waals surface area contributed by atoms with Crippen LogP contribution in [0.1, 0.15) is 5.69 Å². The number of aliphatic hydroxyl groups is 1. The van der Waals surface area contributed by atoms with Gasteiger partial charge in [-0.2, -0.15) is 5.10 Å². The predicted octanol–water partition coefficient (Wildman–Crippen LogP) is 1.70. The first-order valence-electron chi connectivity index (χ1n) is 5.75. The quantitative estimate of drug-likeness (QED) is 0.597. The van der Waals surface area contributed by atoms with Gasteiger partial charge in [0.05, 0.1) is 19.9 Å². The van der Waals surface area contributed by atoms with Gasteiger partial charge in [-0.3, -0.25) is 0 Å². The number of hydrogen-bond acceptors (Lipinski definition) is 4. The molecule has 1 N–H and O–H groups in total. The molecular formula is C11H22N2O3Si. The van der Waals surface area contributed by atoms with Crippen molar-refractivity contribution >= 4 is 8.07 Å². The lowest BCUT2D eigenvalue weighted by Crippen LogP contribution is -2.22. The van der Waals surface area contributed by atoms with Crippen LogP contribution in [0.15, 0.2) is 6.20 Å². The molecule has 0 atom stereocenters. The van der Waals surface area contributed by atoms with E-state index in [1.54, 1.807) is 18.0 Å². The summed E-state index contributed by atoms with van der Waals surface area (Å²) >= 11 is 0. The Hall–Kier alpha value is -0.853. The molecule has 1 rings (SSSR count). The molecule has 1 heterocycles. The molecule has 0 aliphatic heterocycles. The van der Waals surface area contributed by atoms with E-state index in [9.17, 15) is 0 Å². The fourth-order valence-corrected chi connectivity index (χ4v) is 2.08. The predicted molar refractivity (Wildman–Crippen MR) is 68.8 cm³/mol. The molecule has 0 aliphatic carbocycles. The molecule has 0 radical (unpaired) electrons. The second-order valence-electron chi connectivity index (χ2n) is 5.19. The standard InChI is InChI=1S/C11H22N2O3Si/c1-15-11-7-13(12-10(11)8-14)9-16-5-6-17(2,3)4/h7,14H,5-6,8-9H2,1-4H3. The van der Waals surface area contributed by atoms with Crippen LogP contribution in [0.5, 0.6) is 5.75 Å². The van der Waals surface area contributed by atoms with Gasteiger partial charge in [-0.05, 0) is 6.04 Å². The van der Waals surface area contributed by atoms with Crippen molar-refractivity contribution in [3.63, 3.8) is 0 Å². The number of hydrogen-bond donors (Lipinski definition) is 1. The van der Waals surface area contributed by atoms with Crippen molar-refractivity contribution in [3.05, 3.63) is 11.9 Å². The molecule has 1 aromatic rings. The number of rotatable bonds is 7. The number of methoxy groups -OCH3 is 1. The summed E-state index contributed by atoms with van der Waals surface area (Å²) in [5.41, 5.74) is 0.543. The molecule has 0 saturated carbocycles. The minimum Gasteiger partial charge on any atom is -0.493 e. The summed E-state index contributed by atoms with van der Waals surface area (Å²) in [5, 5.41) is 13.2. The summed E-state index contributed by atoms with van der Waals surface area (Å²) in [6.45, 7) is 7.99. The zero-order valence-electron chi connectivity index (χ0n) is 11.1. The molecule has 1 aromatic heterocycles. The second kappa shape index (κ2) is 6.18. The van der Waals surface area contributed by atoms with Gasteiger partial charge in [-0.15, -0.1) is 0 Å². The van der Waals surface area contributed by atoms with Crippen LogP contribution in [0, 0.1) is 0 Å². The average molecular weight is 258 g/mol. The summed E-state index contributed by atoms with van der Waals surface area (Å²) in [7, 11) is 0.528. The number of aromatic nitrogens is 2. The van der Waals surface area contributed by atoms with Crippen LogP contribution >= 0.6 is 0 Å². The zero-order chi connectivity index (χ0) is 12.9. The highest BCUT2D eigenvalue weighted by Crippen LogP contribution is 2.16. The van der Waals surface area contributed by atoms with Crippen molar-refractivity contribution in [2.45, 2.75) is 39.0 Å². The van der Waals surface area contributed by atoms with Crippen LogP contribution in [0.25, 0.3) is 0 Å². The summed E-state index contributed by atoms with van der Waals surface area (Å²) < 4.78 is 12.3. The maximum Gasteiger partial charge on any atom is 0.162 e. The number of aliphatic hydroxyl groups excluding tert-OH is 1. The summed E-state index contributed by atoms with van der Waals surface area (Å²) in [5.74, 6) is 0.598. The Labute approximate surface area is 103 Å². The van der Waals surface area contributed by atoms with E-state index in [0.717, 1.165) is 12.7 Å². The van der Waals surface area contributed by atoms with Gasteiger partial charge in [-0.25, -0.2) is 4.68 Å². The lowest BCUT2D eigenvalue weighted by atomic mass is 10.4. The van der Waals surface area contributed by atoms with Crippen molar-refractivity contribution in [3.8, 4) is 5.75 Å². The maximum absolute atomic E-state index is 9.05. The molecular weight excluding hydrogens is 236 g/mol. The summed E-state index contributed by atoms with van der Waals surface area (Å²) in [4.78, 5) is 0. The maximum atomic E-state index is 9.05. The van der Waals surface area contributed by atoms with Crippen LogP contribution in [0.3, 0.4) is 0 Å². The molecule has 0 unspecified atom stereocenters. The van der Waals surface area contributed by atoms with E-state index in [1.807, 2.05) is 0 Å². The molecule has 0 amide bonds. The Bertz CT molecular complexity index is 325. The molecule has 6 heteroatoms. The Balaban J connectivity index is 2.39. The van der Waals surface area contributed by atoms with E-state index in [1.165, 1.54) is 0 Å². The zero-order valence-corrected chi connectivity index (χ0v) is 12.1. The van der Waals surface area contributed by atoms with Crippen molar-refractivity contribution in [2.24, 2.45) is 0 Å². The van der Waals surface area contributed by atoms with Gasteiger partial charge in [0.15, 0.2) is 5.75 Å². The molecule has 0 bridgehead atoms. The van der Waals surface area contributed by atoms with Crippen LogP contribution in [-0.4, -0.2) is 36.7 Å². The SMILES string of the molecule is COc1cn(COCC[Si](C)(C)C)nc1CO. The van der Waals surface area contributed by atoms with Crippen LogP contribution in [0.2, 0.25) is 25.7 Å². The molecule has 5 nitrogen and oxygen atoms in total. The molecule has 17 heavy (non-hydrogen) atoms.